The molecule has 0 aliphatic rings. The summed E-state index contributed by atoms with van der Waals surface area (Å²) in [4.78, 5) is 22.5. The third-order valence-electron chi connectivity index (χ3n) is 3.84. The van der Waals surface area contributed by atoms with E-state index in [9.17, 15) is 4.79 Å². The first-order valence-corrected chi connectivity index (χ1v) is 8.86. The minimum absolute atomic E-state index is 0.0449. The predicted molar refractivity (Wildman–Crippen MR) is 98.0 cm³/mol. The van der Waals surface area contributed by atoms with Gasteiger partial charge in [-0.2, -0.15) is 0 Å². The quantitative estimate of drug-likeness (QED) is 0.690. The van der Waals surface area contributed by atoms with Crippen LogP contribution in [0.15, 0.2) is 53.9 Å². The van der Waals surface area contributed by atoms with Crippen molar-refractivity contribution in [2.75, 3.05) is 12.8 Å². The molecule has 2 heterocycles. The molecule has 0 saturated carbocycles. The molecule has 1 amide bonds. The van der Waals surface area contributed by atoms with E-state index < -0.39 is 0 Å². The number of aryl methyl sites for hydroxylation is 1. The molecule has 128 valence electrons. The van der Waals surface area contributed by atoms with Crippen LogP contribution in [0.4, 0.5) is 0 Å². The summed E-state index contributed by atoms with van der Waals surface area (Å²) >= 11 is 1.33. The Bertz CT molecular complexity index is 849. The Morgan fingerprint density at radius 2 is 1.96 bits per heavy atom. The number of pyridine rings is 1. The van der Waals surface area contributed by atoms with Gasteiger partial charge >= 0.3 is 0 Å². The summed E-state index contributed by atoms with van der Waals surface area (Å²) < 4.78 is 0. The molecule has 0 aliphatic heterocycles. The molecule has 6 nitrogen and oxygen atoms in total. The van der Waals surface area contributed by atoms with Gasteiger partial charge in [0.2, 0.25) is 11.1 Å². The van der Waals surface area contributed by atoms with Crippen molar-refractivity contribution in [3.05, 3.63) is 59.9 Å². The van der Waals surface area contributed by atoms with Crippen LogP contribution in [0.5, 0.6) is 0 Å². The van der Waals surface area contributed by atoms with Crippen LogP contribution in [0.3, 0.4) is 0 Å². The highest BCUT2D eigenvalue weighted by atomic mass is 32.2. The smallest absolute Gasteiger partial charge is 0.233 e. The Morgan fingerprint density at radius 3 is 2.72 bits per heavy atom. The fraction of sp³-hybridized carbons (Fsp3) is 0.222. The monoisotopic (exact) mass is 353 g/mol. The van der Waals surface area contributed by atoms with E-state index in [-0.39, 0.29) is 5.91 Å². The van der Waals surface area contributed by atoms with Crippen molar-refractivity contribution in [3.8, 4) is 11.4 Å². The van der Waals surface area contributed by atoms with Gasteiger partial charge < -0.3 is 4.90 Å². The van der Waals surface area contributed by atoms with Gasteiger partial charge in [-0.1, -0.05) is 36.0 Å². The first-order valence-electron chi connectivity index (χ1n) is 7.87. The first-order chi connectivity index (χ1) is 12.1. The van der Waals surface area contributed by atoms with E-state index in [2.05, 4.69) is 33.2 Å². The van der Waals surface area contributed by atoms with Crippen LogP contribution in [0.2, 0.25) is 0 Å². The van der Waals surface area contributed by atoms with Gasteiger partial charge in [0.1, 0.15) is 0 Å². The fourth-order valence-electron chi connectivity index (χ4n) is 2.32. The number of amides is 1. The second-order valence-corrected chi connectivity index (χ2v) is 6.61. The minimum Gasteiger partial charge on any atom is -0.341 e. The van der Waals surface area contributed by atoms with Crippen molar-refractivity contribution < 1.29 is 4.79 Å². The maximum Gasteiger partial charge on any atom is 0.233 e. The molecule has 0 unspecified atom stereocenters. The van der Waals surface area contributed by atoms with Crippen molar-refractivity contribution in [1.82, 2.24) is 25.1 Å². The van der Waals surface area contributed by atoms with E-state index in [0.717, 1.165) is 11.1 Å². The lowest BCUT2D eigenvalue weighted by molar-refractivity contribution is -0.127. The molecule has 0 saturated heterocycles. The van der Waals surface area contributed by atoms with Gasteiger partial charge in [0.25, 0.3) is 0 Å². The zero-order valence-corrected chi connectivity index (χ0v) is 15.0. The van der Waals surface area contributed by atoms with Crippen LogP contribution >= 0.6 is 11.8 Å². The molecule has 3 aromatic rings. The SMILES string of the molecule is Cc1ccccc1CN(C)C(=O)CSc1n[nH]c(-c2ccncc2)n1. The number of thioether (sulfide) groups is 1. The van der Waals surface area contributed by atoms with E-state index >= 15 is 0 Å². The van der Waals surface area contributed by atoms with E-state index in [1.54, 1.807) is 17.3 Å². The summed E-state index contributed by atoms with van der Waals surface area (Å²) in [6.45, 7) is 2.65. The first kappa shape index (κ1) is 17.2. The Labute approximate surface area is 150 Å². The number of benzene rings is 1. The van der Waals surface area contributed by atoms with Crippen LogP contribution in [-0.4, -0.2) is 43.8 Å². The van der Waals surface area contributed by atoms with Gasteiger partial charge in [0.15, 0.2) is 5.82 Å². The van der Waals surface area contributed by atoms with Gasteiger partial charge in [0.05, 0.1) is 5.75 Å². The molecule has 1 N–H and O–H groups in total. The number of rotatable bonds is 6. The Kier molecular flexibility index (Phi) is 5.45. The average molecular weight is 353 g/mol. The lowest BCUT2D eigenvalue weighted by Crippen LogP contribution is -2.28. The van der Waals surface area contributed by atoms with Crippen molar-refractivity contribution in [3.63, 3.8) is 0 Å². The summed E-state index contributed by atoms with van der Waals surface area (Å²) in [5.41, 5.74) is 3.25. The molecular weight excluding hydrogens is 334 g/mol. The molecule has 2 aromatic heterocycles. The van der Waals surface area contributed by atoms with Crippen LogP contribution in [0.1, 0.15) is 11.1 Å². The Morgan fingerprint density at radius 1 is 1.20 bits per heavy atom. The molecule has 25 heavy (non-hydrogen) atoms. The lowest BCUT2D eigenvalue weighted by Gasteiger charge is -2.18. The number of aromatic nitrogens is 4. The van der Waals surface area contributed by atoms with Crippen LogP contribution in [0.25, 0.3) is 11.4 Å². The second kappa shape index (κ2) is 7.94. The van der Waals surface area contributed by atoms with Crippen LogP contribution in [-0.2, 0) is 11.3 Å². The summed E-state index contributed by atoms with van der Waals surface area (Å²) in [5, 5.41) is 7.61. The van der Waals surface area contributed by atoms with Crippen molar-refractivity contribution in [2.45, 2.75) is 18.6 Å². The molecule has 0 bridgehead atoms. The second-order valence-electron chi connectivity index (χ2n) is 5.67. The molecule has 7 heteroatoms. The predicted octanol–water partition coefficient (Wildman–Crippen LogP) is 2.93. The van der Waals surface area contributed by atoms with Crippen molar-refractivity contribution in [1.29, 1.82) is 0 Å². The third kappa shape index (κ3) is 4.45. The zero-order valence-electron chi connectivity index (χ0n) is 14.1. The number of carbonyl (C=O) groups is 1. The lowest BCUT2D eigenvalue weighted by atomic mass is 10.1. The number of nitrogens with zero attached hydrogens (tertiary/aromatic N) is 4. The highest BCUT2D eigenvalue weighted by Crippen LogP contribution is 2.19. The van der Waals surface area contributed by atoms with Crippen molar-refractivity contribution in [2.24, 2.45) is 0 Å². The number of carbonyl (C=O) groups excluding carboxylic acids is 1. The highest BCUT2D eigenvalue weighted by Gasteiger charge is 2.13. The van der Waals surface area contributed by atoms with E-state index in [4.69, 9.17) is 0 Å². The normalized spacial score (nSPS) is 10.6. The van der Waals surface area contributed by atoms with Gasteiger partial charge in [0, 0.05) is 31.5 Å². The maximum atomic E-state index is 12.3. The van der Waals surface area contributed by atoms with E-state index in [1.807, 2.05) is 37.4 Å². The number of H-pyrrole nitrogens is 1. The molecule has 0 fully saturated rings. The van der Waals surface area contributed by atoms with Crippen molar-refractivity contribution >= 4 is 17.7 Å². The molecule has 1 aromatic carbocycles. The topological polar surface area (TPSA) is 74.8 Å². The van der Waals surface area contributed by atoms with Gasteiger partial charge in [-0.3, -0.25) is 14.9 Å². The summed E-state index contributed by atoms with van der Waals surface area (Å²) in [5.74, 6) is 1.02. The van der Waals surface area contributed by atoms with Crippen LogP contribution < -0.4 is 0 Å². The molecule has 0 radical (unpaired) electrons. The molecule has 3 rings (SSSR count). The Balaban J connectivity index is 1.55. The minimum atomic E-state index is 0.0449. The summed E-state index contributed by atoms with van der Waals surface area (Å²) in [7, 11) is 1.82. The summed E-state index contributed by atoms with van der Waals surface area (Å²) in [6.07, 6.45) is 3.41. The van der Waals surface area contributed by atoms with Gasteiger partial charge in [-0.15, -0.1) is 5.10 Å². The molecule has 0 aliphatic carbocycles. The largest absolute Gasteiger partial charge is 0.341 e. The molecule has 0 spiro atoms. The van der Waals surface area contributed by atoms with E-state index in [1.165, 1.54) is 17.3 Å². The average Bonchev–Trinajstić information content (AvgIpc) is 3.11. The number of aromatic amines is 1. The zero-order chi connectivity index (χ0) is 17.6. The fourth-order valence-corrected chi connectivity index (χ4v) is 3.06. The maximum absolute atomic E-state index is 12.3. The number of nitrogens with one attached hydrogen (secondary N) is 1. The highest BCUT2D eigenvalue weighted by molar-refractivity contribution is 7.99. The number of hydrogen-bond acceptors (Lipinski definition) is 5. The molecular formula is C18H19N5OS. The van der Waals surface area contributed by atoms with Gasteiger partial charge in [-0.05, 0) is 30.2 Å². The van der Waals surface area contributed by atoms with E-state index in [0.29, 0.717) is 23.3 Å². The third-order valence-corrected chi connectivity index (χ3v) is 4.67. The Hall–Kier alpha value is -2.67. The standard InChI is InChI=1S/C18H19N5OS/c1-13-5-3-4-6-15(13)11-23(2)16(24)12-25-18-20-17(21-22-18)14-7-9-19-10-8-14/h3-10H,11-12H2,1-2H3,(H,20,21,22). The number of hydrogen-bond donors (Lipinski definition) is 1. The van der Waals surface area contributed by atoms with Gasteiger partial charge in [-0.25, -0.2) is 4.98 Å². The van der Waals surface area contributed by atoms with Crippen LogP contribution in [0, 0.1) is 6.92 Å². The summed E-state index contributed by atoms with van der Waals surface area (Å²) in [6, 6.07) is 11.8. The molecule has 0 atom stereocenters.